The Kier molecular flexibility index (Phi) is 10.5. The van der Waals surface area contributed by atoms with E-state index in [0.29, 0.717) is 19.4 Å². The van der Waals surface area contributed by atoms with Gasteiger partial charge in [0, 0.05) is 0 Å². The van der Waals surface area contributed by atoms with Crippen LogP contribution in [-0.4, -0.2) is 90.9 Å². The van der Waals surface area contributed by atoms with Gasteiger partial charge in [-0.2, -0.15) is 0 Å². The van der Waals surface area contributed by atoms with Crippen LogP contribution in [0.15, 0.2) is 0 Å². The molecule has 0 aromatic heterocycles. The number of hydrogen-bond donors (Lipinski definition) is 9. The minimum Gasteiger partial charge on any atom is -0.394 e. The monoisotopic (exact) mass is 354 g/mol. The summed E-state index contributed by atoms with van der Waals surface area (Å²) in [4.78, 5) is 11.5. The van der Waals surface area contributed by atoms with Gasteiger partial charge in [0.2, 0.25) is 0 Å². The maximum atomic E-state index is 11.5. The highest BCUT2D eigenvalue weighted by molar-refractivity contribution is 5.84. The van der Waals surface area contributed by atoms with Crippen molar-refractivity contribution in [3.05, 3.63) is 0 Å². The van der Waals surface area contributed by atoms with Crippen molar-refractivity contribution in [1.82, 2.24) is 0 Å². The number of carbonyl (C=O) groups is 1. The molecule has 144 valence electrons. The number of unbranched alkanes of at least 4 members (excludes halogenated alkanes) is 3. The molecule has 0 saturated heterocycles. The summed E-state index contributed by atoms with van der Waals surface area (Å²) in [6, 6.07) is 0. The summed E-state index contributed by atoms with van der Waals surface area (Å²) in [6.07, 6.45) is -8.13. The van der Waals surface area contributed by atoms with Crippen molar-refractivity contribution in [2.24, 2.45) is 11.5 Å². The fourth-order valence-corrected chi connectivity index (χ4v) is 2.32. The zero-order valence-electron chi connectivity index (χ0n) is 13.5. The van der Waals surface area contributed by atoms with Crippen molar-refractivity contribution in [1.29, 1.82) is 0 Å². The van der Waals surface area contributed by atoms with Crippen molar-refractivity contribution in [3.8, 4) is 0 Å². The fraction of sp³-hybridized carbons (Fsp3) is 0.929. The average molecular weight is 354 g/mol. The molecule has 0 spiro atoms. The summed E-state index contributed by atoms with van der Waals surface area (Å²) in [5.74, 6) is -1.29. The summed E-state index contributed by atoms with van der Waals surface area (Å²) in [5, 5.41) is 67.5. The topological polar surface area (TPSA) is 211 Å². The highest BCUT2D eigenvalue weighted by Crippen LogP contribution is 2.24. The van der Waals surface area contributed by atoms with Crippen LogP contribution in [0.4, 0.5) is 0 Å². The van der Waals surface area contributed by atoms with Gasteiger partial charge >= 0.3 is 0 Å². The second-order valence-electron chi connectivity index (χ2n) is 5.91. The van der Waals surface area contributed by atoms with E-state index in [2.05, 4.69) is 0 Å². The lowest BCUT2D eigenvalue weighted by Gasteiger charge is -2.36. The molecule has 1 amide bonds. The van der Waals surface area contributed by atoms with Crippen molar-refractivity contribution >= 4 is 5.91 Å². The van der Waals surface area contributed by atoms with Crippen molar-refractivity contribution in [3.63, 3.8) is 0 Å². The van der Waals surface area contributed by atoms with Gasteiger partial charge in [0.15, 0.2) is 5.60 Å². The Bertz CT molecular complexity index is 373. The SMILES string of the molecule is NCCCCCCC(O)(C(N)=O)C(O)C(O)C(O)C(O)C(O)CO. The van der Waals surface area contributed by atoms with E-state index in [-0.39, 0.29) is 6.42 Å². The summed E-state index contributed by atoms with van der Waals surface area (Å²) < 4.78 is 0. The highest BCUT2D eigenvalue weighted by atomic mass is 16.4. The van der Waals surface area contributed by atoms with E-state index >= 15 is 0 Å². The molecule has 0 heterocycles. The number of nitrogens with two attached hydrogens (primary N) is 2. The van der Waals surface area contributed by atoms with E-state index < -0.39 is 48.6 Å². The smallest absolute Gasteiger partial charge is 0.252 e. The van der Waals surface area contributed by atoms with Crippen LogP contribution in [0.25, 0.3) is 0 Å². The largest absolute Gasteiger partial charge is 0.394 e. The van der Waals surface area contributed by atoms with Crippen LogP contribution in [0, 0.1) is 0 Å². The molecule has 6 unspecified atom stereocenters. The lowest BCUT2D eigenvalue weighted by atomic mass is 9.83. The highest BCUT2D eigenvalue weighted by Gasteiger charge is 2.48. The van der Waals surface area contributed by atoms with Crippen LogP contribution in [0.3, 0.4) is 0 Å². The molecular weight excluding hydrogens is 324 g/mol. The van der Waals surface area contributed by atoms with E-state index in [1.165, 1.54) is 0 Å². The summed E-state index contributed by atoms with van der Waals surface area (Å²) in [5.41, 5.74) is 7.92. The molecule has 0 aliphatic heterocycles. The Morgan fingerprint density at radius 1 is 0.917 bits per heavy atom. The van der Waals surface area contributed by atoms with E-state index in [9.17, 15) is 35.4 Å². The molecule has 0 bridgehead atoms. The van der Waals surface area contributed by atoms with E-state index in [1.54, 1.807) is 0 Å². The van der Waals surface area contributed by atoms with Crippen LogP contribution < -0.4 is 11.5 Å². The van der Waals surface area contributed by atoms with Gasteiger partial charge in [-0.1, -0.05) is 12.8 Å². The number of primary amides is 1. The first-order chi connectivity index (χ1) is 11.1. The molecule has 0 aromatic carbocycles. The Morgan fingerprint density at radius 3 is 1.92 bits per heavy atom. The molecule has 0 aromatic rings. The normalized spacial score (nSPS) is 20.7. The summed E-state index contributed by atoms with van der Waals surface area (Å²) in [7, 11) is 0. The molecule has 0 saturated carbocycles. The maximum Gasteiger partial charge on any atom is 0.252 e. The lowest BCUT2D eigenvalue weighted by Crippen LogP contribution is -2.62. The number of aliphatic hydroxyl groups excluding tert-OH is 6. The second-order valence-corrected chi connectivity index (χ2v) is 5.91. The number of rotatable bonds is 13. The maximum absolute atomic E-state index is 11.5. The molecule has 0 radical (unpaired) electrons. The molecule has 24 heavy (non-hydrogen) atoms. The van der Waals surface area contributed by atoms with E-state index in [0.717, 1.165) is 12.8 Å². The first-order valence-electron chi connectivity index (χ1n) is 7.87. The Morgan fingerprint density at radius 2 is 1.46 bits per heavy atom. The summed E-state index contributed by atoms with van der Waals surface area (Å²) >= 11 is 0. The molecule has 10 heteroatoms. The number of amides is 1. The first-order valence-corrected chi connectivity index (χ1v) is 7.87. The predicted octanol–water partition coefficient (Wildman–Crippen LogP) is -4.09. The van der Waals surface area contributed by atoms with Crippen molar-refractivity contribution in [2.45, 2.75) is 68.2 Å². The standard InChI is InChI=1S/C14H30N2O8/c15-6-4-2-1-3-5-14(24,13(16)23)12(22)11(21)10(20)9(19)8(18)7-17/h8-12,17-22,24H,1-7,15H2,(H2,16,23). The van der Waals surface area contributed by atoms with E-state index in [4.69, 9.17) is 16.6 Å². The molecule has 0 aliphatic carbocycles. The second kappa shape index (κ2) is 10.9. The quantitative estimate of drug-likeness (QED) is 0.147. The van der Waals surface area contributed by atoms with Crippen LogP contribution in [0.5, 0.6) is 0 Å². The van der Waals surface area contributed by atoms with Gasteiger partial charge in [0.1, 0.15) is 30.5 Å². The van der Waals surface area contributed by atoms with Crippen molar-refractivity contribution in [2.75, 3.05) is 13.2 Å². The first kappa shape index (κ1) is 23.1. The van der Waals surface area contributed by atoms with E-state index in [1.807, 2.05) is 0 Å². The molecule has 11 N–H and O–H groups in total. The number of carbonyl (C=O) groups excluding carboxylic acids is 1. The van der Waals surface area contributed by atoms with Crippen LogP contribution >= 0.6 is 0 Å². The van der Waals surface area contributed by atoms with Gasteiger partial charge in [-0.15, -0.1) is 0 Å². The molecule has 0 rings (SSSR count). The fourth-order valence-electron chi connectivity index (χ4n) is 2.32. The van der Waals surface area contributed by atoms with Gasteiger partial charge in [0.05, 0.1) is 6.61 Å². The Hall–Kier alpha value is -0.850. The van der Waals surface area contributed by atoms with Gasteiger partial charge in [-0.3, -0.25) is 4.79 Å². The zero-order chi connectivity index (χ0) is 18.9. The minimum atomic E-state index is -2.52. The Balaban J connectivity index is 4.92. The van der Waals surface area contributed by atoms with Crippen LogP contribution in [0.2, 0.25) is 0 Å². The average Bonchev–Trinajstić information content (AvgIpc) is 2.57. The third-order valence-corrected chi connectivity index (χ3v) is 4.03. The van der Waals surface area contributed by atoms with Crippen LogP contribution in [0.1, 0.15) is 32.1 Å². The summed E-state index contributed by atoms with van der Waals surface area (Å²) in [6.45, 7) is -0.402. The third kappa shape index (κ3) is 6.22. The Labute approximate surface area is 140 Å². The molecule has 10 nitrogen and oxygen atoms in total. The molecule has 6 atom stereocenters. The molecule has 0 aliphatic rings. The third-order valence-electron chi connectivity index (χ3n) is 4.03. The van der Waals surface area contributed by atoms with Gasteiger partial charge in [0.25, 0.3) is 5.91 Å². The molecular formula is C14H30N2O8. The lowest BCUT2D eigenvalue weighted by molar-refractivity contribution is -0.189. The number of aliphatic hydroxyl groups is 7. The molecule has 0 fully saturated rings. The van der Waals surface area contributed by atoms with Crippen LogP contribution in [-0.2, 0) is 4.79 Å². The van der Waals surface area contributed by atoms with Crippen molar-refractivity contribution < 1.29 is 40.5 Å². The predicted molar refractivity (Wildman–Crippen MR) is 83.4 cm³/mol. The van der Waals surface area contributed by atoms with Gasteiger partial charge in [-0.25, -0.2) is 0 Å². The van der Waals surface area contributed by atoms with Gasteiger partial charge < -0.3 is 47.2 Å². The minimum absolute atomic E-state index is 0.267. The number of hydrogen-bond acceptors (Lipinski definition) is 9. The van der Waals surface area contributed by atoms with Gasteiger partial charge in [-0.05, 0) is 25.8 Å². The zero-order valence-corrected chi connectivity index (χ0v) is 13.5.